The monoisotopic (exact) mass is 275 g/mol. The summed E-state index contributed by atoms with van der Waals surface area (Å²) in [6.07, 6.45) is 8.41. The van der Waals surface area contributed by atoms with E-state index in [1.807, 2.05) is 0 Å². The summed E-state index contributed by atoms with van der Waals surface area (Å²) in [6, 6.07) is 9.16. The van der Waals surface area contributed by atoms with Crippen molar-refractivity contribution in [3.63, 3.8) is 0 Å². The van der Waals surface area contributed by atoms with Gasteiger partial charge in [0.15, 0.2) is 0 Å². The molecule has 0 heterocycles. The fraction of sp³-hybridized carbons (Fsp3) is 0.667. The Labute approximate surface area is 123 Å². The summed E-state index contributed by atoms with van der Waals surface area (Å²) in [6.45, 7) is 4.29. The van der Waals surface area contributed by atoms with E-state index in [1.165, 1.54) is 44.1 Å². The van der Waals surface area contributed by atoms with E-state index in [0.717, 1.165) is 12.0 Å². The molecule has 2 N–H and O–H groups in total. The predicted molar refractivity (Wildman–Crippen MR) is 84.9 cm³/mol. The minimum absolute atomic E-state index is 0.120. The lowest BCUT2D eigenvalue weighted by molar-refractivity contribution is 0.125. The van der Waals surface area contributed by atoms with E-state index in [1.54, 1.807) is 0 Å². The van der Waals surface area contributed by atoms with Gasteiger partial charge in [-0.2, -0.15) is 0 Å². The number of rotatable bonds is 6. The average Bonchev–Trinajstić information content (AvgIpc) is 2.48. The second kappa shape index (κ2) is 7.80. The van der Waals surface area contributed by atoms with Crippen LogP contribution in [0.1, 0.15) is 69.6 Å². The maximum absolute atomic E-state index is 10.5. The smallest absolute Gasteiger partial charge is 0.0940 e. The number of aryl methyl sites for hydroxylation is 1. The van der Waals surface area contributed by atoms with Gasteiger partial charge in [0, 0.05) is 12.1 Å². The Morgan fingerprint density at radius 3 is 2.40 bits per heavy atom. The average molecular weight is 275 g/mol. The molecule has 0 aromatic heterocycles. The van der Waals surface area contributed by atoms with Crippen molar-refractivity contribution < 1.29 is 5.11 Å². The van der Waals surface area contributed by atoms with Gasteiger partial charge in [-0.3, -0.25) is 0 Å². The molecule has 2 rings (SSSR count). The van der Waals surface area contributed by atoms with E-state index in [4.69, 9.17) is 0 Å². The van der Waals surface area contributed by atoms with Gasteiger partial charge in [-0.05, 0) is 37.3 Å². The molecular weight excluding hydrogens is 246 g/mol. The van der Waals surface area contributed by atoms with Gasteiger partial charge in [0.25, 0.3) is 0 Å². The van der Waals surface area contributed by atoms with Crippen LogP contribution in [0.5, 0.6) is 0 Å². The molecule has 1 aromatic rings. The Morgan fingerprint density at radius 1 is 1.15 bits per heavy atom. The lowest BCUT2D eigenvalue weighted by Gasteiger charge is -2.29. The van der Waals surface area contributed by atoms with Crippen molar-refractivity contribution in [2.45, 2.75) is 77.0 Å². The van der Waals surface area contributed by atoms with E-state index in [2.05, 4.69) is 43.4 Å². The van der Waals surface area contributed by atoms with Crippen molar-refractivity contribution >= 4 is 0 Å². The predicted octanol–water partition coefficient (Wildman–Crippen LogP) is 3.98. The topological polar surface area (TPSA) is 32.3 Å². The zero-order chi connectivity index (χ0) is 14.4. The first-order valence-electron chi connectivity index (χ1n) is 8.23. The molecule has 0 radical (unpaired) electrons. The van der Waals surface area contributed by atoms with E-state index in [-0.39, 0.29) is 6.04 Å². The molecule has 0 saturated heterocycles. The quantitative estimate of drug-likeness (QED) is 0.823. The second-order valence-corrected chi connectivity index (χ2v) is 6.23. The van der Waals surface area contributed by atoms with Gasteiger partial charge < -0.3 is 10.4 Å². The molecule has 2 atom stereocenters. The van der Waals surface area contributed by atoms with E-state index < -0.39 is 6.10 Å². The molecule has 20 heavy (non-hydrogen) atoms. The Balaban J connectivity index is 1.89. The zero-order valence-electron chi connectivity index (χ0n) is 12.9. The van der Waals surface area contributed by atoms with Crippen LogP contribution < -0.4 is 5.32 Å². The molecule has 0 spiro atoms. The summed E-state index contributed by atoms with van der Waals surface area (Å²) in [5.74, 6) is 0. The normalized spacial score (nSPS) is 19.8. The molecule has 1 fully saturated rings. The van der Waals surface area contributed by atoms with Crippen LogP contribution in [0, 0.1) is 0 Å². The number of aliphatic hydroxyl groups excluding tert-OH is 1. The molecule has 1 aromatic carbocycles. The fourth-order valence-corrected chi connectivity index (χ4v) is 3.19. The maximum atomic E-state index is 10.5. The minimum atomic E-state index is -0.410. The third kappa shape index (κ3) is 4.32. The zero-order valence-corrected chi connectivity index (χ0v) is 12.9. The van der Waals surface area contributed by atoms with Crippen LogP contribution in [0.15, 0.2) is 24.3 Å². The number of aliphatic hydroxyl groups is 1. The third-order valence-electron chi connectivity index (χ3n) is 4.44. The summed E-state index contributed by atoms with van der Waals surface area (Å²) in [7, 11) is 0. The van der Waals surface area contributed by atoms with Crippen molar-refractivity contribution in [3.8, 4) is 0 Å². The molecule has 2 heteroatoms. The Kier molecular flexibility index (Phi) is 6.06. The maximum Gasteiger partial charge on any atom is 0.0940 e. The van der Waals surface area contributed by atoms with Crippen LogP contribution in [0.4, 0.5) is 0 Å². The minimum Gasteiger partial charge on any atom is -0.387 e. The molecule has 112 valence electrons. The molecule has 0 bridgehead atoms. The van der Waals surface area contributed by atoms with E-state index in [0.29, 0.717) is 6.04 Å². The Bertz CT molecular complexity index is 381. The van der Waals surface area contributed by atoms with Gasteiger partial charge in [-0.1, -0.05) is 56.9 Å². The fourth-order valence-electron chi connectivity index (χ4n) is 3.19. The van der Waals surface area contributed by atoms with Gasteiger partial charge in [0.1, 0.15) is 0 Å². The molecule has 2 unspecified atom stereocenters. The highest BCUT2D eigenvalue weighted by Crippen LogP contribution is 2.22. The van der Waals surface area contributed by atoms with Crippen molar-refractivity contribution in [3.05, 3.63) is 35.4 Å². The lowest BCUT2D eigenvalue weighted by Crippen LogP contribution is -2.41. The summed E-state index contributed by atoms with van der Waals surface area (Å²) in [5, 5.41) is 14.1. The summed E-state index contributed by atoms with van der Waals surface area (Å²) in [5.41, 5.74) is 2.39. The largest absolute Gasteiger partial charge is 0.387 e. The molecule has 2 nitrogen and oxygen atoms in total. The molecule has 1 saturated carbocycles. The first-order valence-corrected chi connectivity index (χ1v) is 8.23. The molecular formula is C18H29NO. The van der Waals surface area contributed by atoms with E-state index >= 15 is 0 Å². The summed E-state index contributed by atoms with van der Waals surface area (Å²) < 4.78 is 0. The van der Waals surface area contributed by atoms with Crippen molar-refractivity contribution in [1.82, 2.24) is 5.32 Å². The number of benzene rings is 1. The Hall–Kier alpha value is -0.860. The van der Waals surface area contributed by atoms with Crippen LogP contribution in [0.3, 0.4) is 0 Å². The molecule has 1 aliphatic carbocycles. The molecule has 1 aliphatic rings. The lowest BCUT2D eigenvalue weighted by atomic mass is 9.93. The van der Waals surface area contributed by atoms with Crippen LogP contribution in [0.25, 0.3) is 0 Å². The highest BCUT2D eigenvalue weighted by atomic mass is 16.3. The Morgan fingerprint density at radius 2 is 1.80 bits per heavy atom. The number of hydrogen-bond acceptors (Lipinski definition) is 2. The van der Waals surface area contributed by atoms with Crippen molar-refractivity contribution in [1.29, 1.82) is 0 Å². The van der Waals surface area contributed by atoms with Gasteiger partial charge in [-0.15, -0.1) is 0 Å². The van der Waals surface area contributed by atoms with Crippen LogP contribution in [0.2, 0.25) is 0 Å². The SMILES string of the molecule is CCCc1ccc(C(O)C(C)NC2CCCCC2)cc1. The second-order valence-electron chi connectivity index (χ2n) is 6.23. The summed E-state index contributed by atoms with van der Waals surface area (Å²) >= 11 is 0. The first kappa shape index (κ1) is 15.5. The van der Waals surface area contributed by atoms with Gasteiger partial charge in [0.05, 0.1) is 6.10 Å². The van der Waals surface area contributed by atoms with Gasteiger partial charge in [0.2, 0.25) is 0 Å². The van der Waals surface area contributed by atoms with Gasteiger partial charge in [-0.25, -0.2) is 0 Å². The van der Waals surface area contributed by atoms with Crippen molar-refractivity contribution in [2.75, 3.05) is 0 Å². The van der Waals surface area contributed by atoms with Crippen LogP contribution >= 0.6 is 0 Å². The van der Waals surface area contributed by atoms with Crippen LogP contribution in [-0.2, 0) is 6.42 Å². The summed E-state index contributed by atoms with van der Waals surface area (Å²) in [4.78, 5) is 0. The molecule has 0 amide bonds. The first-order chi connectivity index (χ1) is 9.70. The number of hydrogen-bond donors (Lipinski definition) is 2. The highest BCUT2D eigenvalue weighted by Gasteiger charge is 2.21. The standard InChI is InChI=1S/C18H29NO/c1-3-7-15-10-12-16(13-11-15)18(20)14(2)19-17-8-5-4-6-9-17/h10-14,17-20H,3-9H2,1-2H3. The van der Waals surface area contributed by atoms with Crippen molar-refractivity contribution in [2.24, 2.45) is 0 Å². The highest BCUT2D eigenvalue weighted by molar-refractivity contribution is 5.25. The third-order valence-corrected chi connectivity index (χ3v) is 4.44. The van der Waals surface area contributed by atoms with Crippen LogP contribution in [-0.4, -0.2) is 17.2 Å². The van der Waals surface area contributed by atoms with E-state index in [9.17, 15) is 5.11 Å². The van der Waals surface area contributed by atoms with Gasteiger partial charge >= 0.3 is 0 Å². The molecule has 0 aliphatic heterocycles. The number of nitrogens with one attached hydrogen (secondary N) is 1.